The third-order valence-electron chi connectivity index (χ3n) is 4.63. The number of aromatic nitrogens is 2. The van der Waals surface area contributed by atoms with Gasteiger partial charge in [-0.3, -0.25) is 20.5 Å². The first kappa shape index (κ1) is 26.6. The molecule has 12 nitrogen and oxygen atoms in total. The van der Waals surface area contributed by atoms with Gasteiger partial charge in [0.2, 0.25) is 0 Å². The summed E-state index contributed by atoms with van der Waals surface area (Å²) >= 11 is 5.77. The maximum atomic E-state index is 12.2. The molecular formula is C21H30ClN9O3. The van der Waals surface area contributed by atoms with Crippen molar-refractivity contribution in [1.82, 2.24) is 15.3 Å². The van der Waals surface area contributed by atoms with Crippen LogP contribution in [0.2, 0.25) is 5.15 Å². The van der Waals surface area contributed by atoms with Crippen molar-refractivity contribution in [1.29, 1.82) is 5.41 Å². The van der Waals surface area contributed by atoms with Crippen molar-refractivity contribution in [2.75, 3.05) is 24.6 Å². The topological polar surface area (TPSA) is 225 Å². The summed E-state index contributed by atoms with van der Waals surface area (Å²) in [5.74, 6) is -0.267. The van der Waals surface area contributed by atoms with Crippen molar-refractivity contribution < 1.29 is 14.6 Å². The molecular weight excluding hydrogens is 462 g/mol. The normalized spacial score (nSPS) is 12.2. The average molecular weight is 492 g/mol. The number of aryl methyl sites for hydroxylation is 1. The van der Waals surface area contributed by atoms with Crippen LogP contribution in [-0.2, 0) is 6.42 Å². The number of carbonyl (C=O) groups excluding carboxylic acids is 1. The number of nitrogen functional groups attached to an aromatic ring is 2. The van der Waals surface area contributed by atoms with E-state index < -0.39 is 12.0 Å². The number of guanidine groups is 1. The molecule has 1 heterocycles. The number of aliphatic hydroxyl groups excluding tert-OH is 1. The number of amides is 1. The quantitative estimate of drug-likeness (QED) is 0.126. The van der Waals surface area contributed by atoms with E-state index in [9.17, 15) is 9.90 Å². The summed E-state index contributed by atoms with van der Waals surface area (Å²) in [5, 5.41) is 19.2. The average Bonchev–Trinajstić information content (AvgIpc) is 2.79. The number of nitrogens with two attached hydrogens (primary N) is 4. The molecule has 2 aromatic rings. The number of hydrogen-bond acceptors (Lipinski definition) is 9. The summed E-state index contributed by atoms with van der Waals surface area (Å²) in [6.07, 6.45) is 2.51. The van der Waals surface area contributed by atoms with E-state index in [1.54, 1.807) is 0 Å². The summed E-state index contributed by atoms with van der Waals surface area (Å²) in [5.41, 5.74) is 23.1. The Balaban J connectivity index is 1.69. The number of nitrogens with one attached hydrogen (secondary N) is 2. The first-order valence-corrected chi connectivity index (χ1v) is 11.0. The number of nitrogens with zero attached hydrogens (tertiary/aromatic N) is 3. The van der Waals surface area contributed by atoms with Crippen LogP contribution in [0.5, 0.6) is 5.75 Å². The van der Waals surface area contributed by atoms with E-state index in [-0.39, 0.29) is 40.9 Å². The Hall–Kier alpha value is -3.64. The lowest BCUT2D eigenvalue weighted by Gasteiger charge is -2.12. The molecule has 13 heteroatoms. The molecule has 1 unspecified atom stereocenters. The second-order valence-electron chi connectivity index (χ2n) is 7.48. The number of anilines is 2. The van der Waals surface area contributed by atoms with Crippen LogP contribution in [0.25, 0.3) is 0 Å². The highest BCUT2D eigenvalue weighted by atomic mass is 35.5. The first-order valence-electron chi connectivity index (χ1n) is 10.6. The number of hydrogen-bond donors (Lipinski definition) is 7. The molecule has 2 rings (SSSR count). The van der Waals surface area contributed by atoms with Gasteiger partial charge in [-0.1, -0.05) is 23.7 Å². The van der Waals surface area contributed by atoms with Crippen molar-refractivity contribution in [3.8, 4) is 5.75 Å². The Labute approximate surface area is 202 Å². The van der Waals surface area contributed by atoms with Crippen molar-refractivity contribution >= 4 is 40.9 Å². The number of aliphatic hydroxyl groups is 1. The van der Waals surface area contributed by atoms with Gasteiger partial charge in [-0.25, -0.2) is 9.97 Å². The Kier molecular flexibility index (Phi) is 10.3. The lowest BCUT2D eigenvalue weighted by atomic mass is 10.1. The van der Waals surface area contributed by atoms with E-state index in [1.165, 1.54) is 0 Å². The van der Waals surface area contributed by atoms with Crippen LogP contribution in [0.3, 0.4) is 0 Å². The Morgan fingerprint density at radius 2 is 1.88 bits per heavy atom. The first-order chi connectivity index (χ1) is 16.2. The number of amidine groups is 1. The van der Waals surface area contributed by atoms with E-state index in [4.69, 9.17) is 44.7 Å². The van der Waals surface area contributed by atoms with Crippen molar-refractivity contribution in [2.24, 2.45) is 16.5 Å². The summed E-state index contributed by atoms with van der Waals surface area (Å²) < 4.78 is 5.55. The maximum absolute atomic E-state index is 12.2. The van der Waals surface area contributed by atoms with Crippen molar-refractivity contribution in [3.63, 3.8) is 0 Å². The SMILES string of the molecule is N=C(N)CCC(O)COc1ccc(CCCCN=C(N)NC(=O)c2nc(Cl)c(N)nc2N)cc1. The van der Waals surface area contributed by atoms with Crippen LogP contribution in [-0.4, -0.2) is 52.0 Å². The van der Waals surface area contributed by atoms with E-state index in [0.29, 0.717) is 25.1 Å². The maximum Gasteiger partial charge on any atom is 0.280 e. The van der Waals surface area contributed by atoms with Gasteiger partial charge < -0.3 is 32.8 Å². The number of ether oxygens (including phenoxy) is 1. The molecule has 1 atom stereocenters. The van der Waals surface area contributed by atoms with E-state index in [1.807, 2.05) is 24.3 Å². The van der Waals surface area contributed by atoms with Crippen molar-refractivity contribution in [3.05, 3.63) is 40.7 Å². The number of carbonyl (C=O) groups is 1. The van der Waals surface area contributed by atoms with Gasteiger partial charge in [0.1, 0.15) is 12.4 Å². The van der Waals surface area contributed by atoms with Gasteiger partial charge in [0, 0.05) is 13.0 Å². The molecule has 0 saturated carbocycles. The molecule has 1 amide bonds. The fourth-order valence-corrected chi connectivity index (χ4v) is 2.94. The largest absolute Gasteiger partial charge is 0.491 e. The zero-order valence-electron chi connectivity index (χ0n) is 18.6. The molecule has 0 aliphatic carbocycles. The number of unbranched alkanes of at least 4 members (excludes halogenated alkanes) is 1. The second-order valence-corrected chi connectivity index (χ2v) is 7.84. The zero-order chi connectivity index (χ0) is 25.1. The van der Waals surface area contributed by atoms with Gasteiger partial charge in [-0.05, 0) is 43.4 Å². The molecule has 1 aromatic carbocycles. The predicted molar refractivity (Wildman–Crippen MR) is 132 cm³/mol. The van der Waals surface area contributed by atoms with E-state index >= 15 is 0 Å². The Bertz CT molecular complexity index is 1020. The molecule has 34 heavy (non-hydrogen) atoms. The molecule has 0 bridgehead atoms. The fourth-order valence-electron chi connectivity index (χ4n) is 2.81. The van der Waals surface area contributed by atoms with Crippen LogP contribution in [0.4, 0.5) is 11.6 Å². The second kappa shape index (κ2) is 13.2. The van der Waals surface area contributed by atoms with Crippen molar-refractivity contribution in [2.45, 2.75) is 38.2 Å². The highest BCUT2D eigenvalue weighted by molar-refractivity contribution is 6.31. The molecule has 0 aliphatic rings. The minimum atomic E-state index is -0.679. The summed E-state index contributed by atoms with van der Waals surface area (Å²) in [6.45, 7) is 0.572. The van der Waals surface area contributed by atoms with E-state index in [0.717, 1.165) is 24.8 Å². The molecule has 184 valence electrons. The van der Waals surface area contributed by atoms with Crippen LogP contribution in [0, 0.1) is 5.41 Å². The van der Waals surface area contributed by atoms with Gasteiger partial charge in [-0.15, -0.1) is 0 Å². The lowest BCUT2D eigenvalue weighted by Crippen LogP contribution is -2.38. The van der Waals surface area contributed by atoms with Crippen LogP contribution < -0.4 is 33.0 Å². The number of halogens is 1. The minimum Gasteiger partial charge on any atom is -0.491 e. The third-order valence-corrected chi connectivity index (χ3v) is 4.91. The summed E-state index contributed by atoms with van der Waals surface area (Å²) in [7, 11) is 0. The van der Waals surface area contributed by atoms with Gasteiger partial charge in [0.25, 0.3) is 5.91 Å². The minimum absolute atomic E-state index is 0.0464. The number of aliphatic imine (C=N–C) groups is 1. The molecule has 0 fully saturated rings. The molecule has 11 N–H and O–H groups in total. The van der Waals surface area contributed by atoms with Crippen LogP contribution >= 0.6 is 11.6 Å². The molecule has 0 radical (unpaired) electrons. The highest BCUT2D eigenvalue weighted by Crippen LogP contribution is 2.17. The Morgan fingerprint density at radius 1 is 1.18 bits per heavy atom. The number of benzene rings is 1. The molecule has 0 aliphatic heterocycles. The smallest absolute Gasteiger partial charge is 0.280 e. The molecule has 0 saturated heterocycles. The van der Waals surface area contributed by atoms with Crippen LogP contribution in [0.15, 0.2) is 29.3 Å². The van der Waals surface area contributed by atoms with Gasteiger partial charge in [0.05, 0.1) is 11.9 Å². The van der Waals surface area contributed by atoms with Gasteiger partial charge in [0.15, 0.2) is 28.4 Å². The monoisotopic (exact) mass is 491 g/mol. The van der Waals surface area contributed by atoms with Crippen LogP contribution in [0.1, 0.15) is 41.7 Å². The molecule has 0 spiro atoms. The van der Waals surface area contributed by atoms with E-state index in [2.05, 4.69) is 20.3 Å². The fraction of sp³-hybridized carbons (Fsp3) is 0.381. The molecule has 1 aromatic heterocycles. The number of rotatable bonds is 12. The van der Waals surface area contributed by atoms with Gasteiger partial charge in [-0.2, -0.15) is 0 Å². The Morgan fingerprint density at radius 3 is 2.56 bits per heavy atom. The lowest BCUT2D eigenvalue weighted by molar-refractivity contribution is 0.0972. The predicted octanol–water partition coefficient (Wildman–Crippen LogP) is 0.818. The highest BCUT2D eigenvalue weighted by Gasteiger charge is 2.16. The van der Waals surface area contributed by atoms with Gasteiger partial charge >= 0.3 is 0 Å². The summed E-state index contributed by atoms with van der Waals surface area (Å²) in [6, 6.07) is 7.60. The summed E-state index contributed by atoms with van der Waals surface area (Å²) in [4.78, 5) is 23.9. The zero-order valence-corrected chi connectivity index (χ0v) is 19.4. The third kappa shape index (κ3) is 9.08. The standard InChI is InChI=1S/C21H30ClN9O3/c22-17-19(26)30-18(25)16(29-17)20(33)31-21(27)28-10-2-1-3-12-4-7-14(8-5-12)34-11-13(32)6-9-15(23)24/h4-5,7-8,13,32H,1-3,6,9-11H2,(H3,23,24)(H4,25,26,30)(H3,27,28,31,33).